The zero-order chi connectivity index (χ0) is 11.1. The van der Waals surface area contributed by atoms with Crippen LogP contribution in [0.4, 0.5) is 0 Å². The van der Waals surface area contributed by atoms with Crippen molar-refractivity contribution in [3.63, 3.8) is 0 Å². The van der Waals surface area contributed by atoms with Gasteiger partial charge in [0.25, 0.3) is 0 Å². The molecule has 15 heavy (non-hydrogen) atoms. The second-order valence-electron chi connectivity index (χ2n) is 4.02. The van der Waals surface area contributed by atoms with Crippen LogP contribution in [0.15, 0.2) is 0 Å². The maximum atomic E-state index is 11.6. The summed E-state index contributed by atoms with van der Waals surface area (Å²) >= 11 is 0. The van der Waals surface area contributed by atoms with Crippen LogP contribution in [0.5, 0.6) is 0 Å². The average Bonchev–Trinajstić information content (AvgIpc) is 2.76. The molecule has 4 heteroatoms. The fraction of sp³-hybridized carbons (Fsp3) is 0.818. The monoisotopic (exact) mass is 213 g/mol. The maximum Gasteiger partial charge on any atom is 0.220 e. The lowest BCUT2D eigenvalue weighted by atomic mass is 9.99. The van der Waals surface area contributed by atoms with Crippen LogP contribution in [0.25, 0.3) is 0 Å². The predicted octanol–water partition coefficient (Wildman–Crippen LogP) is 0.634. The number of nitrogens with one attached hydrogen (secondary N) is 1. The van der Waals surface area contributed by atoms with Crippen molar-refractivity contribution in [3.05, 3.63) is 0 Å². The van der Waals surface area contributed by atoms with Gasteiger partial charge in [-0.3, -0.25) is 9.59 Å². The Morgan fingerprint density at radius 2 is 1.87 bits per heavy atom. The summed E-state index contributed by atoms with van der Waals surface area (Å²) in [6.07, 6.45) is 4.89. The summed E-state index contributed by atoms with van der Waals surface area (Å²) in [5.41, 5.74) is 0. The van der Waals surface area contributed by atoms with Crippen molar-refractivity contribution in [3.8, 4) is 0 Å². The minimum atomic E-state index is -0.143. The first kappa shape index (κ1) is 12.2. The number of carbonyl (C=O) groups excluding carboxylic acids is 2. The molecule has 0 atom stereocenters. The highest BCUT2D eigenvalue weighted by Crippen LogP contribution is 2.26. The number of amides is 1. The third kappa shape index (κ3) is 4.42. The summed E-state index contributed by atoms with van der Waals surface area (Å²) < 4.78 is 0. The molecule has 0 aromatic heterocycles. The van der Waals surface area contributed by atoms with Crippen molar-refractivity contribution in [1.82, 2.24) is 5.32 Å². The SMILES string of the molecule is O=C(CCC(=O)C1CCCC1)NCCO. The molecule has 0 aromatic carbocycles. The molecular formula is C11H19NO3. The number of hydrogen-bond donors (Lipinski definition) is 2. The molecule has 1 fully saturated rings. The number of hydrogen-bond acceptors (Lipinski definition) is 3. The Morgan fingerprint density at radius 1 is 1.20 bits per heavy atom. The van der Waals surface area contributed by atoms with Crippen molar-refractivity contribution < 1.29 is 14.7 Å². The maximum absolute atomic E-state index is 11.6. The second-order valence-corrected chi connectivity index (χ2v) is 4.02. The van der Waals surface area contributed by atoms with Crippen molar-refractivity contribution in [1.29, 1.82) is 0 Å². The standard InChI is InChI=1S/C11H19NO3/c13-8-7-12-11(15)6-5-10(14)9-3-1-2-4-9/h9,13H,1-8H2,(H,12,15). The number of carbonyl (C=O) groups is 2. The zero-order valence-electron chi connectivity index (χ0n) is 9.00. The lowest BCUT2D eigenvalue weighted by molar-refractivity contribution is -0.127. The van der Waals surface area contributed by atoms with Crippen LogP contribution in [-0.2, 0) is 9.59 Å². The Hall–Kier alpha value is -0.900. The van der Waals surface area contributed by atoms with E-state index in [9.17, 15) is 9.59 Å². The van der Waals surface area contributed by atoms with Gasteiger partial charge in [-0.25, -0.2) is 0 Å². The Bertz CT molecular complexity index is 222. The largest absolute Gasteiger partial charge is 0.395 e. The van der Waals surface area contributed by atoms with Gasteiger partial charge in [-0.05, 0) is 12.8 Å². The van der Waals surface area contributed by atoms with Crippen molar-refractivity contribution in [2.24, 2.45) is 5.92 Å². The minimum absolute atomic E-state index is 0.0533. The van der Waals surface area contributed by atoms with Gasteiger partial charge in [0.1, 0.15) is 5.78 Å². The molecule has 1 aliphatic carbocycles. The van der Waals surface area contributed by atoms with Crippen LogP contribution in [0, 0.1) is 5.92 Å². The molecular weight excluding hydrogens is 194 g/mol. The molecule has 1 amide bonds. The summed E-state index contributed by atoms with van der Waals surface area (Å²) in [7, 11) is 0. The molecule has 1 rings (SSSR count). The summed E-state index contributed by atoms with van der Waals surface area (Å²) in [6.45, 7) is 0.221. The van der Waals surface area contributed by atoms with E-state index in [0.717, 1.165) is 25.7 Å². The van der Waals surface area contributed by atoms with Crippen LogP contribution in [0.3, 0.4) is 0 Å². The molecule has 0 spiro atoms. The first-order valence-corrected chi connectivity index (χ1v) is 5.64. The van der Waals surface area contributed by atoms with Crippen LogP contribution in [-0.4, -0.2) is 29.9 Å². The van der Waals surface area contributed by atoms with E-state index in [0.29, 0.717) is 6.42 Å². The van der Waals surface area contributed by atoms with E-state index in [1.54, 1.807) is 0 Å². The van der Waals surface area contributed by atoms with Gasteiger partial charge in [0.05, 0.1) is 6.61 Å². The quantitative estimate of drug-likeness (QED) is 0.680. The Morgan fingerprint density at radius 3 is 2.47 bits per heavy atom. The van der Waals surface area contributed by atoms with Crippen LogP contribution in [0.1, 0.15) is 38.5 Å². The Kier molecular flexibility index (Phi) is 5.32. The van der Waals surface area contributed by atoms with Gasteiger partial charge in [-0.15, -0.1) is 0 Å². The first-order chi connectivity index (χ1) is 7.24. The average molecular weight is 213 g/mol. The predicted molar refractivity (Wildman–Crippen MR) is 56.3 cm³/mol. The highest BCUT2D eigenvalue weighted by Gasteiger charge is 2.22. The third-order valence-corrected chi connectivity index (χ3v) is 2.84. The zero-order valence-corrected chi connectivity index (χ0v) is 9.00. The summed E-state index contributed by atoms with van der Waals surface area (Å²) in [5, 5.41) is 11.0. The summed E-state index contributed by atoms with van der Waals surface area (Å²) in [5.74, 6) is 0.290. The molecule has 2 N–H and O–H groups in total. The normalized spacial score (nSPS) is 16.6. The van der Waals surface area contributed by atoms with E-state index in [4.69, 9.17) is 5.11 Å². The van der Waals surface area contributed by atoms with Gasteiger partial charge >= 0.3 is 0 Å². The molecule has 0 unspecified atom stereocenters. The van der Waals surface area contributed by atoms with E-state index >= 15 is 0 Å². The van der Waals surface area contributed by atoms with Crippen molar-refractivity contribution >= 4 is 11.7 Å². The lowest BCUT2D eigenvalue weighted by Crippen LogP contribution is -2.27. The highest BCUT2D eigenvalue weighted by molar-refractivity contribution is 5.86. The van der Waals surface area contributed by atoms with E-state index in [1.807, 2.05) is 0 Å². The third-order valence-electron chi connectivity index (χ3n) is 2.84. The topological polar surface area (TPSA) is 66.4 Å². The molecule has 0 bridgehead atoms. The molecule has 1 aliphatic rings. The summed E-state index contributed by atoms with van der Waals surface area (Å²) in [4.78, 5) is 22.7. The van der Waals surface area contributed by atoms with Crippen LogP contribution < -0.4 is 5.32 Å². The van der Waals surface area contributed by atoms with Crippen molar-refractivity contribution in [2.45, 2.75) is 38.5 Å². The van der Waals surface area contributed by atoms with Crippen LogP contribution in [0.2, 0.25) is 0 Å². The number of Topliss-reactive ketones (excluding diaryl/α,β-unsaturated/α-hetero) is 1. The highest BCUT2D eigenvalue weighted by atomic mass is 16.3. The summed E-state index contributed by atoms with van der Waals surface area (Å²) in [6, 6.07) is 0. The molecule has 4 nitrogen and oxygen atoms in total. The molecule has 0 radical (unpaired) electrons. The molecule has 1 saturated carbocycles. The fourth-order valence-corrected chi connectivity index (χ4v) is 1.97. The molecule has 0 saturated heterocycles. The van der Waals surface area contributed by atoms with Gasteiger partial charge < -0.3 is 10.4 Å². The molecule has 86 valence electrons. The molecule has 0 heterocycles. The van der Waals surface area contributed by atoms with Gasteiger partial charge in [0.15, 0.2) is 0 Å². The number of aliphatic hydroxyl groups is 1. The second kappa shape index (κ2) is 6.56. The number of ketones is 1. The van der Waals surface area contributed by atoms with Gasteiger partial charge in [0.2, 0.25) is 5.91 Å². The van der Waals surface area contributed by atoms with Crippen molar-refractivity contribution in [2.75, 3.05) is 13.2 Å². The fourth-order valence-electron chi connectivity index (χ4n) is 1.97. The number of rotatable bonds is 6. The first-order valence-electron chi connectivity index (χ1n) is 5.64. The minimum Gasteiger partial charge on any atom is -0.395 e. The van der Waals surface area contributed by atoms with Gasteiger partial charge in [-0.2, -0.15) is 0 Å². The molecule has 0 aromatic rings. The molecule has 0 aliphatic heterocycles. The van der Waals surface area contributed by atoms with Gasteiger partial charge in [0, 0.05) is 25.3 Å². The lowest BCUT2D eigenvalue weighted by Gasteiger charge is -2.07. The van der Waals surface area contributed by atoms with E-state index in [2.05, 4.69) is 5.32 Å². The smallest absolute Gasteiger partial charge is 0.220 e. The Labute approximate surface area is 90.0 Å². The van der Waals surface area contributed by atoms with Gasteiger partial charge in [-0.1, -0.05) is 12.8 Å². The van der Waals surface area contributed by atoms with Crippen LogP contribution >= 0.6 is 0 Å². The van der Waals surface area contributed by atoms with E-state index in [1.165, 1.54) is 0 Å². The number of aliphatic hydroxyl groups excluding tert-OH is 1. The van der Waals surface area contributed by atoms with E-state index < -0.39 is 0 Å². The van der Waals surface area contributed by atoms with E-state index in [-0.39, 0.29) is 37.2 Å². The Balaban J connectivity index is 2.12.